The fraction of sp³-hybridized carbons (Fsp3) is 0.913. The topological polar surface area (TPSA) is 0 Å². The Balaban J connectivity index is 3.17. The number of allylic oxidation sites excluding steroid dienone is 2. The Morgan fingerprint density at radius 3 is 1.48 bits per heavy atom. The molecular weight excluding hydrogens is 276 g/mol. The summed E-state index contributed by atoms with van der Waals surface area (Å²) in [5, 5.41) is 0. The fourth-order valence-corrected chi connectivity index (χ4v) is 3.27. The van der Waals surface area contributed by atoms with E-state index in [1.54, 1.807) is 0 Å². The zero-order valence-electron chi connectivity index (χ0n) is 16.8. The fourth-order valence-electron chi connectivity index (χ4n) is 3.27. The second-order valence-corrected chi connectivity index (χ2v) is 7.62. The Morgan fingerprint density at radius 2 is 0.913 bits per heavy atom. The van der Waals surface area contributed by atoms with Crippen LogP contribution in [0.2, 0.25) is 0 Å². The van der Waals surface area contributed by atoms with Gasteiger partial charge in [0, 0.05) is 0 Å². The van der Waals surface area contributed by atoms with E-state index in [4.69, 9.17) is 0 Å². The molecule has 138 valence electrons. The molecule has 0 aromatic carbocycles. The molecule has 0 heteroatoms. The first-order valence-electron chi connectivity index (χ1n) is 11.0. The van der Waals surface area contributed by atoms with Gasteiger partial charge in [-0.3, -0.25) is 0 Å². The van der Waals surface area contributed by atoms with E-state index < -0.39 is 0 Å². The first kappa shape index (κ1) is 22.7. The minimum atomic E-state index is 0.961. The van der Waals surface area contributed by atoms with Gasteiger partial charge in [-0.15, -0.1) is 0 Å². The maximum atomic E-state index is 2.46. The van der Waals surface area contributed by atoms with Crippen molar-refractivity contribution in [2.45, 2.75) is 130 Å². The van der Waals surface area contributed by atoms with Crippen molar-refractivity contribution in [3.8, 4) is 0 Å². The summed E-state index contributed by atoms with van der Waals surface area (Å²) < 4.78 is 0. The molecule has 0 aliphatic rings. The van der Waals surface area contributed by atoms with Gasteiger partial charge in [0.2, 0.25) is 0 Å². The third kappa shape index (κ3) is 19.7. The second kappa shape index (κ2) is 19.8. The monoisotopic (exact) mass is 322 g/mol. The van der Waals surface area contributed by atoms with Crippen molar-refractivity contribution >= 4 is 0 Å². The van der Waals surface area contributed by atoms with Crippen LogP contribution in [0.25, 0.3) is 0 Å². The van der Waals surface area contributed by atoms with Gasteiger partial charge in [0.1, 0.15) is 0 Å². The standard InChI is InChI=1S/C23H46/c1-4-6-8-10-11-12-13-14-15-16-18-20-22-23(3)21-19-17-9-7-5-2/h11-12,23H,4-10,13-22H2,1-3H3/b12-11+. The van der Waals surface area contributed by atoms with Crippen molar-refractivity contribution in [2.75, 3.05) is 0 Å². The SMILES string of the molecule is CCCCC/C=C/CCCCCCCC(C)CCCCCCC. The van der Waals surface area contributed by atoms with Gasteiger partial charge in [-0.05, 0) is 31.6 Å². The molecule has 23 heavy (non-hydrogen) atoms. The predicted octanol–water partition coefficient (Wildman–Crippen LogP) is 8.85. The molecule has 0 heterocycles. The van der Waals surface area contributed by atoms with Crippen LogP contribution >= 0.6 is 0 Å². The van der Waals surface area contributed by atoms with Crippen LogP contribution in [0.4, 0.5) is 0 Å². The lowest BCUT2D eigenvalue weighted by atomic mass is 9.96. The average molecular weight is 323 g/mol. The predicted molar refractivity (Wildman–Crippen MR) is 108 cm³/mol. The molecule has 0 aromatic heterocycles. The first-order chi connectivity index (χ1) is 11.3. The highest BCUT2D eigenvalue weighted by Gasteiger charge is 2.01. The van der Waals surface area contributed by atoms with Crippen LogP contribution in [-0.2, 0) is 0 Å². The average Bonchev–Trinajstić information content (AvgIpc) is 2.55. The molecule has 0 radical (unpaired) electrons. The summed E-state index contributed by atoms with van der Waals surface area (Å²) in [4.78, 5) is 0. The lowest BCUT2D eigenvalue weighted by Crippen LogP contribution is -1.95. The van der Waals surface area contributed by atoms with Crippen LogP contribution < -0.4 is 0 Å². The van der Waals surface area contributed by atoms with Gasteiger partial charge in [0.05, 0.1) is 0 Å². The molecule has 0 aliphatic heterocycles. The summed E-state index contributed by atoms with van der Waals surface area (Å²) in [6, 6.07) is 0. The normalized spacial score (nSPS) is 13.0. The molecule has 1 atom stereocenters. The van der Waals surface area contributed by atoms with Crippen molar-refractivity contribution in [2.24, 2.45) is 5.92 Å². The van der Waals surface area contributed by atoms with Gasteiger partial charge in [-0.1, -0.05) is 116 Å². The molecule has 0 amide bonds. The van der Waals surface area contributed by atoms with Crippen LogP contribution in [0.5, 0.6) is 0 Å². The van der Waals surface area contributed by atoms with E-state index in [0.29, 0.717) is 0 Å². The summed E-state index contributed by atoms with van der Waals surface area (Å²) in [6.45, 7) is 7.04. The van der Waals surface area contributed by atoms with E-state index >= 15 is 0 Å². The molecule has 0 bridgehead atoms. The lowest BCUT2D eigenvalue weighted by molar-refractivity contribution is 0.433. The quantitative estimate of drug-likeness (QED) is 0.174. The third-order valence-electron chi connectivity index (χ3n) is 5.01. The summed E-state index contributed by atoms with van der Waals surface area (Å²) in [5.41, 5.74) is 0. The van der Waals surface area contributed by atoms with Crippen LogP contribution in [0.1, 0.15) is 130 Å². The summed E-state index contributed by atoms with van der Waals surface area (Å²) in [6.07, 6.45) is 28.8. The Hall–Kier alpha value is -0.260. The van der Waals surface area contributed by atoms with Gasteiger partial charge in [-0.25, -0.2) is 0 Å². The van der Waals surface area contributed by atoms with E-state index in [-0.39, 0.29) is 0 Å². The highest BCUT2D eigenvalue weighted by Crippen LogP contribution is 2.18. The van der Waals surface area contributed by atoms with Crippen molar-refractivity contribution in [1.82, 2.24) is 0 Å². The third-order valence-corrected chi connectivity index (χ3v) is 5.01. The minimum absolute atomic E-state index is 0.961. The molecule has 0 saturated heterocycles. The molecule has 1 unspecified atom stereocenters. The molecule has 0 fully saturated rings. The number of rotatable bonds is 18. The van der Waals surface area contributed by atoms with E-state index in [1.165, 1.54) is 109 Å². The largest absolute Gasteiger partial charge is 0.0885 e. The zero-order valence-corrected chi connectivity index (χ0v) is 16.8. The summed E-state index contributed by atoms with van der Waals surface area (Å²) >= 11 is 0. The van der Waals surface area contributed by atoms with E-state index in [9.17, 15) is 0 Å². The van der Waals surface area contributed by atoms with E-state index in [2.05, 4.69) is 32.9 Å². The Bertz CT molecular complexity index is 228. The van der Waals surface area contributed by atoms with Gasteiger partial charge < -0.3 is 0 Å². The number of unbranched alkanes of at least 4 members (excludes halogenated alkanes) is 12. The molecule has 0 nitrogen and oxygen atoms in total. The summed E-state index contributed by atoms with van der Waals surface area (Å²) in [5.74, 6) is 0.961. The Kier molecular flexibility index (Phi) is 19.6. The van der Waals surface area contributed by atoms with Gasteiger partial charge in [-0.2, -0.15) is 0 Å². The number of hydrogen-bond donors (Lipinski definition) is 0. The molecule has 0 spiro atoms. The van der Waals surface area contributed by atoms with E-state index in [0.717, 1.165) is 5.92 Å². The van der Waals surface area contributed by atoms with Crippen LogP contribution in [0.15, 0.2) is 12.2 Å². The van der Waals surface area contributed by atoms with Crippen molar-refractivity contribution < 1.29 is 0 Å². The van der Waals surface area contributed by atoms with Crippen LogP contribution in [-0.4, -0.2) is 0 Å². The van der Waals surface area contributed by atoms with Crippen molar-refractivity contribution in [3.63, 3.8) is 0 Å². The Morgan fingerprint density at radius 1 is 0.522 bits per heavy atom. The Labute approximate surface area is 148 Å². The smallest absolute Gasteiger partial charge is 0.0351 e. The molecule has 0 aliphatic carbocycles. The summed E-state index contributed by atoms with van der Waals surface area (Å²) in [7, 11) is 0. The maximum absolute atomic E-state index is 2.46. The molecule has 0 N–H and O–H groups in total. The highest BCUT2D eigenvalue weighted by atomic mass is 14.1. The van der Waals surface area contributed by atoms with Crippen molar-refractivity contribution in [1.29, 1.82) is 0 Å². The zero-order chi connectivity index (χ0) is 17.0. The lowest BCUT2D eigenvalue weighted by Gasteiger charge is -2.10. The number of hydrogen-bond acceptors (Lipinski definition) is 0. The maximum Gasteiger partial charge on any atom is -0.0351 e. The highest BCUT2D eigenvalue weighted by molar-refractivity contribution is 4.81. The molecule has 0 saturated carbocycles. The minimum Gasteiger partial charge on any atom is -0.0885 e. The van der Waals surface area contributed by atoms with E-state index in [1.807, 2.05) is 0 Å². The van der Waals surface area contributed by atoms with Gasteiger partial charge in [0.25, 0.3) is 0 Å². The van der Waals surface area contributed by atoms with Crippen LogP contribution in [0, 0.1) is 5.92 Å². The first-order valence-corrected chi connectivity index (χ1v) is 11.0. The van der Waals surface area contributed by atoms with Gasteiger partial charge in [0.15, 0.2) is 0 Å². The van der Waals surface area contributed by atoms with Gasteiger partial charge >= 0.3 is 0 Å². The van der Waals surface area contributed by atoms with Crippen LogP contribution in [0.3, 0.4) is 0 Å². The van der Waals surface area contributed by atoms with Crippen molar-refractivity contribution in [3.05, 3.63) is 12.2 Å². The molecule has 0 aromatic rings. The second-order valence-electron chi connectivity index (χ2n) is 7.62. The molecular formula is C23H46. The molecule has 0 rings (SSSR count).